The summed E-state index contributed by atoms with van der Waals surface area (Å²) in [5, 5.41) is 4.20. The Kier molecular flexibility index (Phi) is 9.50. The van der Waals surface area contributed by atoms with Crippen LogP contribution in [-0.4, -0.2) is 20.5 Å². The van der Waals surface area contributed by atoms with Gasteiger partial charge in [0, 0.05) is 12.0 Å². The third-order valence-electron chi connectivity index (χ3n) is 5.07. The smallest absolute Gasteiger partial charge is 0.216 e. The van der Waals surface area contributed by atoms with E-state index in [0.29, 0.717) is 23.8 Å². The second kappa shape index (κ2) is 12.1. The molecule has 0 saturated heterocycles. The number of hydrogen-bond donors (Lipinski definition) is 1. The van der Waals surface area contributed by atoms with Gasteiger partial charge in [-0.25, -0.2) is 13.6 Å². The topological polar surface area (TPSA) is 94.3 Å². The second-order valence-corrected chi connectivity index (χ2v) is 8.87. The molecule has 0 aliphatic heterocycles. The molecule has 2 N–H and O–H groups in total. The molecule has 0 amide bonds. The first-order valence-electron chi connectivity index (χ1n) is 10.6. The van der Waals surface area contributed by atoms with Crippen molar-refractivity contribution in [3.05, 3.63) is 107 Å². The molecule has 6 heteroatoms. The van der Waals surface area contributed by atoms with Crippen molar-refractivity contribution < 1.29 is 18.0 Å². The van der Waals surface area contributed by atoms with E-state index in [-0.39, 0.29) is 18.1 Å². The summed E-state index contributed by atoms with van der Waals surface area (Å²) in [5.74, 6) is -0.349. The number of sulfonamides is 1. The number of aldehydes is 1. The molecular formula is C26H29NO4S. The minimum atomic E-state index is -3.89. The summed E-state index contributed by atoms with van der Waals surface area (Å²) < 4.78 is 23.6. The maximum absolute atomic E-state index is 13.2. The molecule has 5 nitrogen and oxygen atoms in total. The van der Waals surface area contributed by atoms with Crippen molar-refractivity contribution in [1.82, 2.24) is 0 Å². The SMILES string of the molecule is CC.NS(=O)(=O)C(CC=O)c1ccc(CC(C(=O)c2ccccc2)c2ccccc2)cc1. The minimum absolute atomic E-state index is 0.0224. The predicted molar refractivity (Wildman–Crippen MR) is 128 cm³/mol. The molecule has 0 aliphatic carbocycles. The van der Waals surface area contributed by atoms with Crippen LogP contribution in [-0.2, 0) is 21.2 Å². The standard InChI is InChI=1S/C24H23NO4S.C2H6/c25-30(28,29)23(15-16-26)20-13-11-18(12-14-20)17-22(19-7-3-1-4-8-19)24(27)21-9-5-2-6-10-21;1-2/h1-14,16,22-23H,15,17H2,(H2,25,28,29);1-2H3. The molecule has 0 bridgehead atoms. The number of primary sulfonamides is 1. The molecule has 0 radical (unpaired) electrons. The van der Waals surface area contributed by atoms with Crippen LogP contribution >= 0.6 is 0 Å². The van der Waals surface area contributed by atoms with E-state index in [1.165, 1.54) is 0 Å². The maximum Gasteiger partial charge on any atom is 0.216 e. The van der Waals surface area contributed by atoms with Gasteiger partial charge in [-0.3, -0.25) is 4.79 Å². The van der Waals surface area contributed by atoms with Crippen LogP contribution in [0.1, 0.15) is 58.5 Å². The Morgan fingerprint density at radius 1 is 0.844 bits per heavy atom. The normalized spacial score (nSPS) is 12.7. The van der Waals surface area contributed by atoms with E-state index in [0.717, 1.165) is 11.1 Å². The average molecular weight is 452 g/mol. The quantitative estimate of drug-likeness (QED) is 0.372. The number of hydrogen-bond acceptors (Lipinski definition) is 4. The molecule has 0 aromatic heterocycles. The average Bonchev–Trinajstić information content (AvgIpc) is 2.83. The highest BCUT2D eigenvalue weighted by Gasteiger charge is 2.25. The summed E-state index contributed by atoms with van der Waals surface area (Å²) in [7, 11) is -3.89. The number of carbonyl (C=O) groups is 2. The van der Waals surface area contributed by atoms with E-state index in [9.17, 15) is 18.0 Å². The number of rotatable bonds is 9. The van der Waals surface area contributed by atoms with Gasteiger partial charge in [0.15, 0.2) is 5.78 Å². The first-order chi connectivity index (χ1) is 15.4. The van der Waals surface area contributed by atoms with Gasteiger partial charge in [0.2, 0.25) is 10.0 Å². The van der Waals surface area contributed by atoms with Crippen LogP contribution < -0.4 is 5.14 Å². The number of nitrogens with two attached hydrogens (primary N) is 1. The number of Topliss-reactive ketones (excluding diaryl/α,β-unsaturated/α-hetero) is 1. The fourth-order valence-electron chi connectivity index (χ4n) is 3.50. The zero-order valence-corrected chi connectivity index (χ0v) is 19.2. The Labute approximate surface area is 190 Å². The van der Waals surface area contributed by atoms with Crippen molar-refractivity contribution in [2.24, 2.45) is 5.14 Å². The Bertz CT molecular complexity index is 1100. The van der Waals surface area contributed by atoms with E-state index in [2.05, 4.69) is 0 Å². The third kappa shape index (κ3) is 6.70. The number of ketones is 1. The van der Waals surface area contributed by atoms with Gasteiger partial charge in [0.25, 0.3) is 0 Å². The molecule has 0 heterocycles. The summed E-state index contributed by atoms with van der Waals surface area (Å²) in [6.07, 6.45) is 0.815. The van der Waals surface area contributed by atoms with Crippen molar-refractivity contribution >= 4 is 22.1 Å². The fourth-order valence-corrected chi connectivity index (χ4v) is 4.39. The highest BCUT2D eigenvalue weighted by Crippen LogP contribution is 2.28. The van der Waals surface area contributed by atoms with Crippen LogP contribution in [0.25, 0.3) is 0 Å². The fraction of sp³-hybridized carbons (Fsp3) is 0.231. The lowest BCUT2D eigenvalue weighted by molar-refractivity contribution is -0.107. The van der Waals surface area contributed by atoms with Crippen LogP contribution in [0.4, 0.5) is 0 Å². The van der Waals surface area contributed by atoms with Gasteiger partial charge in [-0.2, -0.15) is 0 Å². The molecule has 0 aliphatic rings. The van der Waals surface area contributed by atoms with Gasteiger partial charge in [-0.15, -0.1) is 0 Å². The zero-order chi connectivity index (χ0) is 23.6. The molecule has 2 unspecified atom stereocenters. The first kappa shape index (κ1) is 25.2. The van der Waals surface area contributed by atoms with Crippen molar-refractivity contribution in [3.63, 3.8) is 0 Å². The van der Waals surface area contributed by atoms with Crippen molar-refractivity contribution in [1.29, 1.82) is 0 Å². The summed E-state index contributed by atoms with van der Waals surface area (Å²) in [6, 6.07) is 25.6. The predicted octanol–water partition coefficient (Wildman–Crippen LogP) is 4.84. The summed E-state index contributed by atoms with van der Waals surface area (Å²) in [4.78, 5) is 24.1. The second-order valence-electron chi connectivity index (χ2n) is 7.12. The molecule has 3 aromatic carbocycles. The highest BCUT2D eigenvalue weighted by atomic mass is 32.2. The van der Waals surface area contributed by atoms with Crippen molar-refractivity contribution in [2.45, 2.75) is 37.9 Å². The molecule has 0 fully saturated rings. The Morgan fingerprint density at radius 2 is 1.38 bits per heavy atom. The first-order valence-corrected chi connectivity index (χ1v) is 12.2. The van der Waals surface area contributed by atoms with Gasteiger partial charge in [-0.1, -0.05) is 98.8 Å². The molecular weight excluding hydrogens is 422 g/mol. The molecule has 3 aromatic rings. The minimum Gasteiger partial charge on any atom is -0.303 e. The van der Waals surface area contributed by atoms with Crippen LogP contribution in [0.2, 0.25) is 0 Å². The van der Waals surface area contributed by atoms with E-state index >= 15 is 0 Å². The molecule has 0 saturated carbocycles. The van der Waals surface area contributed by atoms with Gasteiger partial charge in [-0.05, 0) is 23.1 Å². The van der Waals surface area contributed by atoms with Crippen molar-refractivity contribution in [2.75, 3.05) is 0 Å². The summed E-state index contributed by atoms with van der Waals surface area (Å²) >= 11 is 0. The Hall–Kier alpha value is -3.09. The van der Waals surface area contributed by atoms with Crippen LogP contribution in [0.3, 0.4) is 0 Å². The van der Waals surface area contributed by atoms with Gasteiger partial charge >= 0.3 is 0 Å². The number of benzene rings is 3. The van der Waals surface area contributed by atoms with Crippen LogP contribution in [0.15, 0.2) is 84.9 Å². The van der Waals surface area contributed by atoms with E-state index in [1.54, 1.807) is 36.4 Å². The molecule has 168 valence electrons. The lowest BCUT2D eigenvalue weighted by Gasteiger charge is -2.18. The van der Waals surface area contributed by atoms with Crippen LogP contribution in [0, 0.1) is 0 Å². The maximum atomic E-state index is 13.2. The van der Waals surface area contributed by atoms with Gasteiger partial charge < -0.3 is 4.79 Å². The zero-order valence-electron chi connectivity index (χ0n) is 18.3. The van der Waals surface area contributed by atoms with E-state index in [4.69, 9.17) is 5.14 Å². The third-order valence-corrected chi connectivity index (χ3v) is 6.33. The van der Waals surface area contributed by atoms with E-state index < -0.39 is 15.3 Å². The summed E-state index contributed by atoms with van der Waals surface area (Å²) in [5.41, 5.74) is 2.90. The Balaban J connectivity index is 0.00000176. The molecule has 2 atom stereocenters. The van der Waals surface area contributed by atoms with Gasteiger partial charge in [0.05, 0.1) is 5.92 Å². The van der Waals surface area contributed by atoms with Crippen molar-refractivity contribution in [3.8, 4) is 0 Å². The Morgan fingerprint density at radius 3 is 1.88 bits per heavy atom. The highest BCUT2D eigenvalue weighted by molar-refractivity contribution is 7.89. The monoisotopic (exact) mass is 451 g/mol. The van der Waals surface area contributed by atoms with Gasteiger partial charge in [0.1, 0.15) is 11.5 Å². The summed E-state index contributed by atoms with van der Waals surface area (Å²) in [6.45, 7) is 4.00. The largest absolute Gasteiger partial charge is 0.303 e. The van der Waals surface area contributed by atoms with Crippen LogP contribution in [0.5, 0.6) is 0 Å². The van der Waals surface area contributed by atoms with E-state index in [1.807, 2.05) is 62.4 Å². The number of carbonyl (C=O) groups excluding carboxylic acids is 2. The molecule has 3 rings (SSSR count). The lowest BCUT2D eigenvalue weighted by atomic mass is 9.85. The molecule has 32 heavy (non-hydrogen) atoms. The molecule has 0 spiro atoms. The lowest BCUT2D eigenvalue weighted by Crippen LogP contribution is -2.22.